The summed E-state index contributed by atoms with van der Waals surface area (Å²) in [7, 11) is 1.77. The predicted molar refractivity (Wildman–Crippen MR) is 126 cm³/mol. The zero-order chi connectivity index (χ0) is 21.3. The van der Waals surface area contributed by atoms with Gasteiger partial charge in [-0.15, -0.1) is 0 Å². The van der Waals surface area contributed by atoms with Crippen LogP contribution in [0.25, 0.3) is 11.0 Å². The molecule has 1 aliphatic carbocycles. The number of methoxy groups -OCH3 is 1. The molecule has 0 spiro atoms. The van der Waals surface area contributed by atoms with Crippen LogP contribution in [0.4, 0.5) is 5.82 Å². The van der Waals surface area contributed by atoms with Crippen LogP contribution in [0.15, 0.2) is 30.6 Å². The van der Waals surface area contributed by atoms with E-state index < -0.39 is 0 Å². The number of aryl methyl sites for hydroxylation is 1. The van der Waals surface area contributed by atoms with Crippen LogP contribution in [0.1, 0.15) is 88.3 Å². The Morgan fingerprint density at radius 2 is 2.03 bits per heavy atom. The molecule has 30 heavy (non-hydrogen) atoms. The number of fused-ring (bicyclic) bond motifs is 1. The quantitative estimate of drug-likeness (QED) is 0.428. The summed E-state index contributed by atoms with van der Waals surface area (Å²) in [5.74, 6) is 1.43. The minimum Gasteiger partial charge on any atom is -0.385 e. The van der Waals surface area contributed by atoms with E-state index in [0.717, 1.165) is 49.9 Å². The number of anilines is 1. The monoisotopic (exact) mass is 410 g/mol. The number of nitrogen functional groups attached to an aromatic ring is 1. The molecule has 2 heterocycles. The summed E-state index contributed by atoms with van der Waals surface area (Å²) in [4.78, 5) is 9.09. The minimum atomic E-state index is 0.367. The number of nitrogens with two attached hydrogens (primary N) is 1. The Labute approximate surface area is 181 Å². The Hall–Kier alpha value is -2.14. The number of rotatable bonds is 12. The largest absolute Gasteiger partial charge is 0.385 e. The van der Waals surface area contributed by atoms with Crippen molar-refractivity contribution in [1.82, 2.24) is 14.5 Å². The molecule has 0 bridgehead atoms. The molecule has 2 atom stereocenters. The summed E-state index contributed by atoms with van der Waals surface area (Å²) in [5, 5.41) is 1.08. The summed E-state index contributed by atoms with van der Waals surface area (Å²) in [6, 6.07) is 0. The fourth-order valence-corrected chi connectivity index (χ4v) is 4.69. The minimum absolute atomic E-state index is 0.367. The van der Waals surface area contributed by atoms with Crippen LogP contribution >= 0.6 is 0 Å². The fraction of sp³-hybridized carbons (Fsp3) is 0.600. The van der Waals surface area contributed by atoms with E-state index in [1.807, 2.05) is 0 Å². The van der Waals surface area contributed by atoms with Crippen molar-refractivity contribution in [3.05, 3.63) is 41.9 Å². The van der Waals surface area contributed by atoms with Crippen molar-refractivity contribution in [2.75, 3.05) is 19.5 Å². The zero-order valence-electron chi connectivity index (χ0n) is 18.9. The molecule has 5 nitrogen and oxygen atoms in total. The molecule has 2 aromatic heterocycles. The van der Waals surface area contributed by atoms with E-state index in [1.54, 1.807) is 13.4 Å². The normalized spacial score (nSPS) is 17.1. The number of ether oxygens (including phenoxy) is 1. The fourth-order valence-electron chi connectivity index (χ4n) is 4.69. The van der Waals surface area contributed by atoms with E-state index in [9.17, 15) is 0 Å². The van der Waals surface area contributed by atoms with Crippen LogP contribution in [-0.4, -0.2) is 28.3 Å². The lowest BCUT2D eigenvalue weighted by Gasteiger charge is -2.22. The van der Waals surface area contributed by atoms with E-state index >= 15 is 0 Å². The van der Waals surface area contributed by atoms with Gasteiger partial charge in [0, 0.05) is 31.9 Å². The van der Waals surface area contributed by atoms with E-state index in [0.29, 0.717) is 17.7 Å². The van der Waals surface area contributed by atoms with Crippen LogP contribution in [0.5, 0.6) is 0 Å². The van der Waals surface area contributed by atoms with Gasteiger partial charge >= 0.3 is 0 Å². The zero-order valence-corrected chi connectivity index (χ0v) is 18.9. The maximum absolute atomic E-state index is 6.44. The van der Waals surface area contributed by atoms with Gasteiger partial charge in [-0.05, 0) is 43.6 Å². The van der Waals surface area contributed by atoms with Gasteiger partial charge in [-0.1, -0.05) is 57.4 Å². The number of unbranched alkanes of at least 4 members (excludes halogenated alkanes) is 4. The van der Waals surface area contributed by atoms with Gasteiger partial charge in [0.2, 0.25) is 0 Å². The molecule has 2 N–H and O–H groups in total. The Morgan fingerprint density at radius 1 is 1.17 bits per heavy atom. The van der Waals surface area contributed by atoms with Gasteiger partial charge in [0.25, 0.3) is 0 Å². The highest BCUT2D eigenvalue weighted by atomic mass is 16.5. The average molecular weight is 411 g/mol. The first kappa shape index (κ1) is 22.5. The molecule has 2 aromatic rings. The Bertz CT molecular complexity index is 868. The molecule has 5 heteroatoms. The SMILES string of the molecule is CCCCCC(C)c1c(C2C=CC=CC2)n(CCCCCOC)c2ncnc(N)c12. The van der Waals surface area contributed by atoms with Crippen molar-refractivity contribution < 1.29 is 4.74 Å². The molecule has 2 unspecified atom stereocenters. The second-order valence-electron chi connectivity index (χ2n) is 8.51. The van der Waals surface area contributed by atoms with Crippen molar-refractivity contribution in [3.63, 3.8) is 0 Å². The second kappa shape index (κ2) is 11.3. The number of hydrogen-bond acceptors (Lipinski definition) is 4. The first-order valence-electron chi connectivity index (χ1n) is 11.6. The van der Waals surface area contributed by atoms with Crippen molar-refractivity contribution in [1.29, 1.82) is 0 Å². The number of allylic oxidation sites excluding steroid dienone is 4. The van der Waals surface area contributed by atoms with Crippen LogP contribution in [0.3, 0.4) is 0 Å². The van der Waals surface area contributed by atoms with Crippen LogP contribution in [0, 0.1) is 0 Å². The van der Waals surface area contributed by atoms with Gasteiger partial charge < -0.3 is 15.0 Å². The first-order chi connectivity index (χ1) is 14.7. The van der Waals surface area contributed by atoms with Gasteiger partial charge in [0.05, 0.1) is 5.39 Å². The van der Waals surface area contributed by atoms with Gasteiger partial charge in [-0.2, -0.15) is 0 Å². The standard InChI is InChI=1S/C25H38N4O/c1-4-5-8-13-19(2)21-22-24(26)27-18-28-25(22)29(16-11-7-12-17-30-3)23(21)20-14-9-6-10-15-20/h6,9-10,14,18-20H,4-5,7-8,11-13,15-17H2,1-3H3,(H2,26,27,28). The third kappa shape index (κ3) is 5.12. The Kier molecular flexibility index (Phi) is 8.50. The van der Waals surface area contributed by atoms with Gasteiger partial charge in [-0.25, -0.2) is 9.97 Å². The average Bonchev–Trinajstić information content (AvgIpc) is 3.10. The molecule has 0 saturated carbocycles. The smallest absolute Gasteiger partial charge is 0.145 e. The summed E-state index contributed by atoms with van der Waals surface area (Å²) in [5.41, 5.74) is 10.2. The summed E-state index contributed by atoms with van der Waals surface area (Å²) < 4.78 is 7.67. The topological polar surface area (TPSA) is 66.0 Å². The van der Waals surface area contributed by atoms with Gasteiger partial charge in [0.15, 0.2) is 0 Å². The maximum atomic E-state index is 6.44. The molecule has 0 aromatic carbocycles. The number of hydrogen-bond donors (Lipinski definition) is 1. The van der Waals surface area contributed by atoms with Gasteiger partial charge in [-0.3, -0.25) is 0 Å². The van der Waals surface area contributed by atoms with Crippen LogP contribution in [0.2, 0.25) is 0 Å². The molecule has 164 valence electrons. The highest BCUT2D eigenvalue weighted by Gasteiger charge is 2.28. The third-order valence-corrected chi connectivity index (χ3v) is 6.24. The molecule has 1 aliphatic rings. The summed E-state index contributed by atoms with van der Waals surface area (Å²) in [6.45, 7) is 6.40. The van der Waals surface area contributed by atoms with Gasteiger partial charge in [0.1, 0.15) is 17.8 Å². The molecule has 0 aliphatic heterocycles. The lowest BCUT2D eigenvalue weighted by atomic mass is 9.86. The first-order valence-corrected chi connectivity index (χ1v) is 11.6. The molecule has 0 fully saturated rings. The third-order valence-electron chi connectivity index (χ3n) is 6.24. The summed E-state index contributed by atoms with van der Waals surface area (Å²) in [6.07, 6.45) is 19.9. The van der Waals surface area contributed by atoms with E-state index in [4.69, 9.17) is 15.5 Å². The van der Waals surface area contributed by atoms with E-state index in [2.05, 4.69) is 47.7 Å². The molecule has 0 saturated heterocycles. The summed E-state index contributed by atoms with van der Waals surface area (Å²) >= 11 is 0. The Balaban J connectivity index is 2.03. The number of nitrogens with zero attached hydrogens (tertiary/aromatic N) is 3. The van der Waals surface area contributed by atoms with Crippen LogP contribution in [-0.2, 0) is 11.3 Å². The molecular formula is C25H38N4O. The predicted octanol–water partition coefficient (Wildman–Crippen LogP) is 6.11. The van der Waals surface area contributed by atoms with E-state index in [1.165, 1.54) is 36.9 Å². The van der Waals surface area contributed by atoms with E-state index in [-0.39, 0.29) is 0 Å². The molecule has 0 radical (unpaired) electrons. The maximum Gasteiger partial charge on any atom is 0.145 e. The second-order valence-corrected chi connectivity index (χ2v) is 8.51. The van der Waals surface area contributed by atoms with Crippen LogP contribution < -0.4 is 5.73 Å². The van der Waals surface area contributed by atoms with Crippen molar-refractivity contribution in [2.45, 2.75) is 83.6 Å². The highest BCUT2D eigenvalue weighted by Crippen LogP contribution is 2.41. The number of aromatic nitrogens is 3. The molecule has 0 amide bonds. The molecule has 3 rings (SSSR count). The van der Waals surface area contributed by atoms with Crippen molar-refractivity contribution >= 4 is 16.9 Å². The highest BCUT2D eigenvalue weighted by molar-refractivity contribution is 5.92. The molecular weight excluding hydrogens is 372 g/mol. The van der Waals surface area contributed by atoms with Crippen molar-refractivity contribution in [2.24, 2.45) is 0 Å². The van der Waals surface area contributed by atoms with Crippen molar-refractivity contribution in [3.8, 4) is 0 Å². The lowest BCUT2D eigenvalue weighted by molar-refractivity contribution is 0.191. The Morgan fingerprint density at radius 3 is 2.77 bits per heavy atom. The lowest BCUT2D eigenvalue weighted by Crippen LogP contribution is -2.11.